The minimum Gasteiger partial charge on any atom is -0.497 e. The number of nitrogens with one attached hydrogen (secondary N) is 1. The van der Waals surface area contributed by atoms with E-state index in [0.717, 1.165) is 41.7 Å². The fourth-order valence-electron chi connectivity index (χ4n) is 4.09. The van der Waals surface area contributed by atoms with Gasteiger partial charge in [0.05, 0.1) is 13.2 Å². The number of benzene rings is 2. The number of carbonyl (C=O) groups is 2. The van der Waals surface area contributed by atoms with Crippen LogP contribution < -0.4 is 10.1 Å². The third-order valence-corrected chi connectivity index (χ3v) is 5.95. The van der Waals surface area contributed by atoms with Crippen molar-refractivity contribution in [3.63, 3.8) is 0 Å². The van der Waals surface area contributed by atoms with Crippen LogP contribution in [-0.2, 0) is 11.2 Å². The Kier molecular flexibility index (Phi) is 5.50. The van der Waals surface area contributed by atoms with E-state index in [1.807, 2.05) is 54.3 Å². The molecular weight excluding hydrogens is 388 g/mol. The summed E-state index contributed by atoms with van der Waals surface area (Å²) >= 11 is 5.94. The van der Waals surface area contributed by atoms with Gasteiger partial charge in [-0.3, -0.25) is 9.59 Å². The number of fused-ring (bicyclic) bond motifs is 1. The molecule has 0 unspecified atom stereocenters. The first-order valence-corrected chi connectivity index (χ1v) is 10.5. The Morgan fingerprint density at radius 3 is 2.52 bits per heavy atom. The molecule has 1 N–H and O–H groups in total. The molecule has 0 bridgehead atoms. The van der Waals surface area contributed by atoms with Crippen molar-refractivity contribution in [2.75, 3.05) is 13.0 Å². The van der Waals surface area contributed by atoms with Crippen LogP contribution in [0.3, 0.4) is 0 Å². The number of halogens is 1. The molecule has 5 nitrogen and oxygen atoms in total. The fourth-order valence-corrected chi connectivity index (χ4v) is 4.22. The van der Waals surface area contributed by atoms with Gasteiger partial charge in [-0.2, -0.15) is 0 Å². The van der Waals surface area contributed by atoms with Gasteiger partial charge in [-0.05, 0) is 67.1 Å². The SMILES string of the molecule is COc1ccc2c(c1)C[C@H](C)N(C(=O)CCl)[C@@H]2c1ccc(C(=O)NC2CC2)cc1. The monoisotopic (exact) mass is 412 g/mol. The Morgan fingerprint density at radius 1 is 1.17 bits per heavy atom. The van der Waals surface area contributed by atoms with Crippen LogP contribution in [0.4, 0.5) is 0 Å². The maximum absolute atomic E-state index is 12.7. The van der Waals surface area contributed by atoms with Gasteiger partial charge in [0.2, 0.25) is 5.91 Å². The molecule has 0 saturated heterocycles. The van der Waals surface area contributed by atoms with Gasteiger partial charge in [-0.25, -0.2) is 0 Å². The summed E-state index contributed by atoms with van der Waals surface area (Å²) in [5.74, 6) is 0.601. The second-order valence-corrected chi connectivity index (χ2v) is 8.09. The van der Waals surface area contributed by atoms with Crippen molar-refractivity contribution in [1.29, 1.82) is 0 Å². The largest absolute Gasteiger partial charge is 0.497 e. The quantitative estimate of drug-likeness (QED) is 0.762. The maximum atomic E-state index is 12.7. The fraction of sp³-hybridized carbons (Fsp3) is 0.391. The molecule has 2 amide bonds. The Labute approximate surface area is 176 Å². The van der Waals surface area contributed by atoms with E-state index in [4.69, 9.17) is 16.3 Å². The first-order valence-electron chi connectivity index (χ1n) is 9.96. The smallest absolute Gasteiger partial charge is 0.251 e. The van der Waals surface area contributed by atoms with Gasteiger partial charge in [0.15, 0.2) is 0 Å². The Balaban J connectivity index is 1.71. The molecule has 6 heteroatoms. The number of nitrogens with zero attached hydrogens (tertiary/aromatic N) is 1. The summed E-state index contributed by atoms with van der Waals surface area (Å²) in [6.07, 6.45) is 2.85. The van der Waals surface area contributed by atoms with Gasteiger partial charge in [0, 0.05) is 17.6 Å². The Hall–Kier alpha value is -2.53. The first-order chi connectivity index (χ1) is 14.0. The van der Waals surface area contributed by atoms with Crippen LogP contribution in [0.2, 0.25) is 0 Å². The van der Waals surface area contributed by atoms with Gasteiger partial charge in [-0.1, -0.05) is 18.2 Å². The van der Waals surface area contributed by atoms with Crippen molar-refractivity contribution in [1.82, 2.24) is 10.2 Å². The number of ether oxygens (including phenoxy) is 1. The van der Waals surface area contributed by atoms with E-state index in [9.17, 15) is 9.59 Å². The molecule has 2 atom stereocenters. The molecule has 1 saturated carbocycles. The van der Waals surface area contributed by atoms with Crippen molar-refractivity contribution in [2.24, 2.45) is 0 Å². The normalized spacial score (nSPS) is 20.7. The predicted octanol–water partition coefficient (Wildman–Crippen LogP) is 3.69. The minimum absolute atomic E-state index is 0.00342. The average Bonchev–Trinajstić information content (AvgIpc) is 3.55. The first kappa shape index (κ1) is 19.8. The van der Waals surface area contributed by atoms with Crippen LogP contribution in [0.15, 0.2) is 42.5 Å². The zero-order valence-corrected chi connectivity index (χ0v) is 17.4. The summed E-state index contributed by atoms with van der Waals surface area (Å²) in [5, 5.41) is 3.01. The van der Waals surface area contributed by atoms with E-state index >= 15 is 0 Å². The Morgan fingerprint density at radius 2 is 1.90 bits per heavy atom. The van der Waals surface area contributed by atoms with Crippen molar-refractivity contribution in [3.8, 4) is 5.75 Å². The third kappa shape index (κ3) is 3.97. The maximum Gasteiger partial charge on any atom is 0.251 e. The molecule has 2 aromatic carbocycles. The molecule has 0 aromatic heterocycles. The lowest BCUT2D eigenvalue weighted by molar-refractivity contribution is -0.132. The summed E-state index contributed by atoms with van der Waals surface area (Å²) in [6, 6.07) is 13.6. The van der Waals surface area contributed by atoms with Gasteiger partial charge in [0.1, 0.15) is 11.6 Å². The summed E-state index contributed by atoms with van der Waals surface area (Å²) in [4.78, 5) is 26.9. The van der Waals surface area contributed by atoms with Crippen LogP contribution in [-0.4, -0.2) is 41.8 Å². The highest BCUT2D eigenvalue weighted by Gasteiger charge is 2.36. The van der Waals surface area contributed by atoms with Crippen molar-refractivity contribution in [2.45, 2.75) is 44.3 Å². The third-order valence-electron chi connectivity index (χ3n) is 5.72. The topological polar surface area (TPSA) is 58.6 Å². The van der Waals surface area contributed by atoms with Gasteiger partial charge >= 0.3 is 0 Å². The van der Waals surface area contributed by atoms with E-state index in [1.165, 1.54) is 0 Å². The van der Waals surface area contributed by atoms with E-state index in [2.05, 4.69) is 5.32 Å². The highest BCUT2D eigenvalue weighted by molar-refractivity contribution is 6.27. The second kappa shape index (κ2) is 8.07. The Bertz CT molecular complexity index is 924. The molecule has 2 aromatic rings. The van der Waals surface area contributed by atoms with E-state index in [-0.39, 0.29) is 29.8 Å². The standard InChI is InChI=1S/C23H25ClN2O3/c1-14-11-17-12-19(29-2)9-10-20(17)22(26(14)21(27)13-24)15-3-5-16(6-4-15)23(28)25-18-7-8-18/h3-6,9-10,12,14,18,22H,7-8,11,13H2,1-2H3,(H,25,28)/t14-,22+/m0/s1. The molecule has 1 heterocycles. The zero-order chi connectivity index (χ0) is 20.5. The predicted molar refractivity (Wildman–Crippen MR) is 112 cm³/mol. The summed E-state index contributed by atoms with van der Waals surface area (Å²) in [6.45, 7) is 2.04. The highest BCUT2D eigenvalue weighted by atomic mass is 35.5. The summed E-state index contributed by atoms with van der Waals surface area (Å²) in [7, 11) is 1.65. The molecule has 4 rings (SSSR count). The van der Waals surface area contributed by atoms with Crippen molar-refractivity contribution >= 4 is 23.4 Å². The molecule has 1 aliphatic heterocycles. The van der Waals surface area contributed by atoms with E-state index in [1.54, 1.807) is 7.11 Å². The zero-order valence-electron chi connectivity index (χ0n) is 16.7. The number of hydrogen-bond donors (Lipinski definition) is 1. The van der Waals surface area contributed by atoms with Crippen LogP contribution in [0.5, 0.6) is 5.75 Å². The lowest BCUT2D eigenvalue weighted by Gasteiger charge is -2.42. The van der Waals surface area contributed by atoms with E-state index < -0.39 is 0 Å². The van der Waals surface area contributed by atoms with Crippen molar-refractivity contribution in [3.05, 3.63) is 64.7 Å². The second-order valence-electron chi connectivity index (χ2n) is 7.82. The molecule has 2 aliphatic rings. The molecule has 1 fully saturated rings. The lowest BCUT2D eigenvalue weighted by Crippen LogP contribution is -2.47. The summed E-state index contributed by atoms with van der Waals surface area (Å²) in [5.41, 5.74) is 3.83. The molecule has 29 heavy (non-hydrogen) atoms. The van der Waals surface area contributed by atoms with Gasteiger partial charge in [0.25, 0.3) is 5.91 Å². The number of amides is 2. The van der Waals surface area contributed by atoms with Gasteiger partial charge in [-0.15, -0.1) is 11.6 Å². The molecule has 0 radical (unpaired) electrons. The number of methoxy groups -OCH3 is 1. The molecular formula is C23H25ClN2O3. The van der Waals surface area contributed by atoms with Crippen LogP contribution in [0.1, 0.15) is 52.9 Å². The number of rotatable bonds is 5. The number of alkyl halides is 1. The van der Waals surface area contributed by atoms with Crippen LogP contribution in [0.25, 0.3) is 0 Å². The highest BCUT2D eigenvalue weighted by Crippen LogP contribution is 2.39. The molecule has 0 spiro atoms. The minimum atomic E-state index is -0.244. The molecule has 152 valence electrons. The van der Waals surface area contributed by atoms with Crippen LogP contribution in [0, 0.1) is 0 Å². The van der Waals surface area contributed by atoms with Crippen LogP contribution >= 0.6 is 11.6 Å². The average molecular weight is 413 g/mol. The summed E-state index contributed by atoms with van der Waals surface area (Å²) < 4.78 is 5.38. The van der Waals surface area contributed by atoms with Crippen molar-refractivity contribution < 1.29 is 14.3 Å². The van der Waals surface area contributed by atoms with E-state index in [0.29, 0.717) is 11.6 Å². The van der Waals surface area contributed by atoms with Gasteiger partial charge < -0.3 is 15.0 Å². The lowest BCUT2D eigenvalue weighted by atomic mass is 9.84. The number of hydrogen-bond acceptors (Lipinski definition) is 3. The number of carbonyl (C=O) groups excluding carboxylic acids is 2. The molecule has 1 aliphatic carbocycles.